The van der Waals surface area contributed by atoms with Gasteiger partial charge in [0.15, 0.2) is 0 Å². The van der Waals surface area contributed by atoms with E-state index in [4.69, 9.17) is 0 Å². The Morgan fingerprint density at radius 3 is 2.48 bits per heavy atom. The number of nitrogens with one attached hydrogen (secondary N) is 1. The Balaban J connectivity index is 1.97. The summed E-state index contributed by atoms with van der Waals surface area (Å²) in [6.07, 6.45) is 0.658. The summed E-state index contributed by atoms with van der Waals surface area (Å²) in [6, 6.07) is 1.67. The van der Waals surface area contributed by atoms with E-state index in [1.165, 1.54) is 0 Å². The largest absolute Gasteiger partial charge is 0.362 e. The summed E-state index contributed by atoms with van der Waals surface area (Å²) in [6.45, 7) is 4.60. The van der Waals surface area contributed by atoms with E-state index in [2.05, 4.69) is 15.0 Å². The van der Waals surface area contributed by atoms with Crippen molar-refractivity contribution in [1.29, 1.82) is 0 Å². The standard InChI is InChI=1S/C19H26N6O2/c1-11-9-14(17(26)20-12(11)2)18(27)25-8-7-13-15(10-25)21-19(24(5)6)22-16(13)23(3)4/h9H,7-8,10H2,1-6H3,(H,20,26). The lowest BCUT2D eigenvalue weighted by molar-refractivity contribution is 0.0730. The summed E-state index contributed by atoms with van der Waals surface area (Å²) in [5.41, 5.74) is 3.39. The number of hydrogen-bond donors (Lipinski definition) is 1. The monoisotopic (exact) mass is 370 g/mol. The maximum atomic E-state index is 13.0. The van der Waals surface area contributed by atoms with Crippen molar-refractivity contribution >= 4 is 17.7 Å². The number of nitrogens with zero attached hydrogens (tertiary/aromatic N) is 5. The number of H-pyrrole nitrogens is 1. The van der Waals surface area contributed by atoms with Crippen LogP contribution in [0.4, 0.5) is 11.8 Å². The second-order valence-electron chi connectivity index (χ2n) is 7.36. The lowest BCUT2D eigenvalue weighted by Crippen LogP contribution is -2.40. The number of aryl methyl sites for hydroxylation is 2. The number of hydrogen-bond acceptors (Lipinski definition) is 6. The summed E-state index contributed by atoms with van der Waals surface area (Å²) in [5.74, 6) is 1.22. The molecule has 2 aromatic heterocycles. The van der Waals surface area contributed by atoms with E-state index in [0.29, 0.717) is 25.5 Å². The fourth-order valence-corrected chi connectivity index (χ4v) is 3.20. The van der Waals surface area contributed by atoms with Crippen LogP contribution in [0.2, 0.25) is 0 Å². The molecule has 0 saturated carbocycles. The highest BCUT2D eigenvalue weighted by molar-refractivity contribution is 5.94. The quantitative estimate of drug-likeness (QED) is 0.871. The Morgan fingerprint density at radius 1 is 1.15 bits per heavy atom. The summed E-state index contributed by atoms with van der Waals surface area (Å²) in [5, 5.41) is 0. The van der Waals surface area contributed by atoms with Crippen molar-refractivity contribution < 1.29 is 4.79 Å². The Morgan fingerprint density at radius 2 is 1.85 bits per heavy atom. The zero-order chi connectivity index (χ0) is 19.9. The van der Waals surface area contributed by atoms with Crippen LogP contribution in [0.5, 0.6) is 0 Å². The molecule has 3 heterocycles. The van der Waals surface area contributed by atoms with Gasteiger partial charge in [-0.1, -0.05) is 0 Å². The van der Waals surface area contributed by atoms with E-state index in [-0.39, 0.29) is 17.0 Å². The highest BCUT2D eigenvalue weighted by Gasteiger charge is 2.28. The molecule has 8 heteroatoms. The Bertz CT molecular complexity index is 948. The topological polar surface area (TPSA) is 85.4 Å². The zero-order valence-electron chi connectivity index (χ0n) is 16.8. The van der Waals surface area contributed by atoms with Gasteiger partial charge in [-0.25, -0.2) is 4.98 Å². The molecule has 0 aromatic carbocycles. The highest BCUT2D eigenvalue weighted by Crippen LogP contribution is 2.27. The molecule has 27 heavy (non-hydrogen) atoms. The molecule has 8 nitrogen and oxygen atoms in total. The summed E-state index contributed by atoms with van der Waals surface area (Å²) in [4.78, 5) is 42.8. The zero-order valence-corrected chi connectivity index (χ0v) is 16.8. The minimum Gasteiger partial charge on any atom is -0.362 e. The number of amides is 1. The first-order valence-corrected chi connectivity index (χ1v) is 8.93. The van der Waals surface area contributed by atoms with Gasteiger partial charge in [-0.2, -0.15) is 4.98 Å². The van der Waals surface area contributed by atoms with Crippen molar-refractivity contribution in [3.63, 3.8) is 0 Å². The molecule has 1 amide bonds. The van der Waals surface area contributed by atoms with E-state index in [0.717, 1.165) is 28.3 Å². The Kier molecular flexibility index (Phi) is 4.91. The second kappa shape index (κ2) is 7.02. The summed E-state index contributed by atoms with van der Waals surface area (Å²) < 4.78 is 0. The normalized spacial score (nSPS) is 13.3. The van der Waals surface area contributed by atoms with Gasteiger partial charge in [0.05, 0.1) is 12.2 Å². The van der Waals surface area contributed by atoms with E-state index in [1.54, 1.807) is 11.0 Å². The maximum absolute atomic E-state index is 13.0. The Hall–Kier alpha value is -2.90. The Labute approximate surface area is 158 Å². The van der Waals surface area contributed by atoms with Crippen molar-refractivity contribution in [2.45, 2.75) is 26.8 Å². The number of anilines is 2. The number of carbonyl (C=O) groups is 1. The van der Waals surface area contributed by atoms with Gasteiger partial charge < -0.3 is 19.7 Å². The van der Waals surface area contributed by atoms with Crippen LogP contribution in [-0.4, -0.2) is 60.5 Å². The van der Waals surface area contributed by atoms with Gasteiger partial charge >= 0.3 is 0 Å². The van der Waals surface area contributed by atoms with Gasteiger partial charge in [0, 0.05) is 46.0 Å². The molecule has 1 N–H and O–H groups in total. The molecule has 0 unspecified atom stereocenters. The van der Waals surface area contributed by atoms with Crippen molar-refractivity contribution in [1.82, 2.24) is 19.9 Å². The molecule has 0 spiro atoms. The molecule has 0 bridgehead atoms. The number of fused-ring (bicyclic) bond motifs is 1. The van der Waals surface area contributed by atoms with Crippen LogP contribution in [0.15, 0.2) is 10.9 Å². The third-order valence-electron chi connectivity index (χ3n) is 4.87. The van der Waals surface area contributed by atoms with Gasteiger partial charge in [0.2, 0.25) is 5.95 Å². The van der Waals surface area contributed by atoms with E-state index in [1.807, 2.05) is 51.8 Å². The molecular formula is C19H26N6O2. The van der Waals surface area contributed by atoms with Gasteiger partial charge in [0.25, 0.3) is 11.5 Å². The van der Waals surface area contributed by atoms with Crippen LogP contribution in [0.1, 0.15) is 32.9 Å². The highest BCUT2D eigenvalue weighted by atomic mass is 16.2. The first-order chi connectivity index (χ1) is 12.7. The predicted octanol–water partition coefficient (Wildman–Crippen LogP) is 1.11. The molecule has 0 fully saturated rings. The second-order valence-corrected chi connectivity index (χ2v) is 7.36. The first-order valence-electron chi connectivity index (χ1n) is 8.93. The van der Waals surface area contributed by atoms with Gasteiger partial charge in [-0.3, -0.25) is 9.59 Å². The van der Waals surface area contributed by atoms with Crippen molar-refractivity contribution in [2.24, 2.45) is 0 Å². The SMILES string of the molecule is Cc1cc(C(=O)N2CCc3c(nc(N(C)C)nc3N(C)C)C2)c(=O)[nH]c1C. The molecule has 3 rings (SSSR count). The molecule has 144 valence electrons. The van der Waals surface area contributed by atoms with Gasteiger partial charge in [-0.05, 0) is 31.9 Å². The third-order valence-corrected chi connectivity index (χ3v) is 4.87. The van der Waals surface area contributed by atoms with E-state index >= 15 is 0 Å². The molecule has 0 radical (unpaired) electrons. The van der Waals surface area contributed by atoms with Crippen molar-refractivity contribution in [2.75, 3.05) is 44.5 Å². The number of carbonyl (C=O) groups excluding carboxylic acids is 1. The number of pyridine rings is 1. The van der Waals surface area contributed by atoms with Crippen LogP contribution >= 0.6 is 0 Å². The average molecular weight is 370 g/mol. The molecule has 0 atom stereocenters. The minimum absolute atomic E-state index is 0.177. The van der Waals surface area contributed by atoms with Gasteiger partial charge in [-0.15, -0.1) is 0 Å². The maximum Gasteiger partial charge on any atom is 0.261 e. The van der Waals surface area contributed by atoms with Crippen LogP contribution < -0.4 is 15.4 Å². The lowest BCUT2D eigenvalue weighted by atomic mass is 10.0. The molecular weight excluding hydrogens is 344 g/mol. The minimum atomic E-state index is -0.348. The predicted molar refractivity (Wildman–Crippen MR) is 106 cm³/mol. The molecule has 1 aliphatic rings. The van der Waals surface area contributed by atoms with Crippen molar-refractivity contribution in [3.05, 3.63) is 44.5 Å². The number of rotatable bonds is 3. The average Bonchev–Trinajstić information content (AvgIpc) is 2.62. The lowest BCUT2D eigenvalue weighted by Gasteiger charge is -2.31. The number of aromatic nitrogens is 3. The smallest absolute Gasteiger partial charge is 0.261 e. The van der Waals surface area contributed by atoms with E-state index in [9.17, 15) is 9.59 Å². The van der Waals surface area contributed by atoms with Crippen LogP contribution in [0.25, 0.3) is 0 Å². The molecule has 0 aliphatic carbocycles. The van der Waals surface area contributed by atoms with Gasteiger partial charge in [0.1, 0.15) is 11.4 Å². The number of aromatic amines is 1. The van der Waals surface area contributed by atoms with E-state index < -0.39 is 0 Å². The van der Waals surface area contributed by atoms with Crippen LogP contribution in [0.3, 0.4) is 0 Å². The molecule has 2 aromatic rings. The molecule has 0 saturated heterocycles. The van der Waals surface area contributed by atoms with Crippen LogP contribution in [-0.2, 0) is 13.0 Å². The van der Waals surface area contributed by atoms with Crippen LogP contribution in [0, 0.1) is 13.8 Å². The fourth-order valence-electron chi connectivity index (χ4n) is 3.20. The summed E-state index contributed by atoms with van der Waals surface area (Å²) >= 11 is 0. The summed E-state index contributed by atoms with van der Waals surface area (Å²) in [7, 11) is 7.69. The fraction of sp³-hybridized carbons (Fsp3) is 0.474. The third kappa shape index (κ3) is 3.51. The first kappa shape index (κ1) is 18.9. The molecule has 1 aliphatic heterocycles. The van der Waals surface area contributed by atoms with Crippen molar-refractivity contribution in [3.8, 4) is 0 Å².